The van der Waals surface area contributed by atoms with Crippen LogP contribution in [0.15, 0.2) is 47.6 Å². The first-order valence-corrected chi connectivity index (χ1v) is 8.04. The molecule has 4 nitrogen and oxygen atoms in total. The fourth-order valence-electron chi connectivity index (χ4n) is 2.21. The van der Waals surface area contributed by atoms with Gasteiger partial charge in [0.2, 0.25) is 0 Å². The van der Waals surface area contributed by atoms with Crippen LogP contribution in [0, 0.1) is 23.0 Å². The Labute approximate surface area is 141 Å². The maximum absolute atomic E-state index is 13.9. The second-order valence-electron chi connectivity index (χ2n) is 5.05. The lowest BCUT2D eigenvalue weighted by Gasteiger charge is -2.06. The predicted octanol–water partition coefficient (Wildman–Crippen LogP) is 3.92. The van der Waals surface area contributed by atoms with Gasteiger partial charge in [0.1, 0.15) is 11.6 Å². The van der Waals surface area contributed by atoms with Crippen LogP contribution in [0.4, 0.5) is 8.78 Å². The van der Waals surface area contributed by atoms with Crippen LogP contribution in [0.1, 0.15) is 11.1 Å². The van der Waals surface area contributed by atoms with Crippen molar-refractivity contribution in [3.8, 4) is 17.5 Å². The monoisotopic (exact) mass is 342 g/mol. The average molecular weight is 342 g/mol. The van der Waals surface area contributed by atoms with Gasteiger partial charge in [0.15, 0.2) is 11.0 Å². The van der Waals surface area contributed by atoms with Gasteiger partial charge in [-0.3, -0.25) is 0 Å². The molecule has 0 unspecified atom stereocenters. The number of hydrogen-bond donors (Lipinski definition) is 0. The Hall–Kier alpha value is -2.72. The molecule has 24 heavy (non-hydrogen) atoms. The minimum absolute atomic E-state index is 0.296. The van der Waals surface area contributed by atoms with Crippen molar-refractivity contribution in [3.63, 3.8) is 0 Å². The van der Waals surface area contributed by atoms with Crippen LogP contribution in [0.3, 0.4) is 0 Å². The number of rotatable bonds is 4. The van der Waals surface area contributed by atoms with Gasteiger partial charge in [0, 0.05) is 12.8 Å². The van der Waals surface area contributed by atoms with Crippen molar-refractivity contribution < 1.29 is 8.78 Å². The van der Waals surface area contributed by atoms with Crippen LogP contribution in [0.5, 0.6) is 0 Å². The Morgan fingerprint density at radius 2 is 1.92 bits per heavy atom. The van der Waals surface area contributed by atoms with Crippen LogP contribution < -0.4 is 0 Å². The van der Waals surface area contributed by atoms with Gasteiger partial charge in [0.05, 0.1) is 17.2 Å². The van der Waals surface area contributed by atoms with E-state index < -0.39 is 0 Å². The first kappa shape index (κ1) is 16.1. The molecule has 1 aromatic heterocycles. The molecule has 0 spiro atoms. The van der Waals surface area contributed by atoms with Crippen molar-refractivity contribution in [2.24, 2.45) is 7.05 Å². The largest absolute Gasteiger partial charge is 0.305 e. The summed E-state index contributed by atoms with van der Waals surface area (Å²) in [4.78, 5) is 0. The first-order valence-electron chi connectivity index (χ1n) is 7.05. The lowest BCUT2D eigenvalue weighted by molar-refractivity contribution is 0.617. The summed E-state index contributed by atoms with van der Waals surface area (Å²) in [6.07, 6.45) is 0. The van der Waals surface area contributed by atoms with Crippen molar-refractivity contribution in [3.05, 3.63) is 65.2 Å². The Balaban J connectivity index is 1.83. The van der Waals surface area contributed by atoms with Gasteiger partial charge in [-0.2, -0.15) is 5.26 Å². The van der Waals surface area contributed by atoms with Gasteiger partial charge in [-0.1, -0.05) is 23.9 Å². The van der Waals surface area contributed by atoms with Crippen LogP contribution in [-0.4, -0.2) is 14.8 Å². The molecule has 0 bridgehead atoms. The van der Waals surface area contributed by atoms with Crippen LogP contribution >= 0.6 is 11.8 Å². The highest BCUT2D eigenvalue weighted by Crippen LogP contribution is 2.27. The molecular formula is C17H12F2N4S. The molecular weight excluding hydrogens is 330 g/mol. The Bertz CT molecular complexity index is 931. The predicted molar refractivity (Wildman–Crippen MR) is 87.1 cm³/mol. The molecule has 0 aliphatic carbocycles. The third-order valence-electron chi connectivity index (χ3n) is 3.48. The minimum Gasteiger partial charge on any atom is -0.305 e. The lowest BCUT2D eigenvalue weighted by Crippen LogP contribution is -1.97. The molecule has 1 heterocycles. The quantitative estimate of drug-likeness (QED) is 0.674. The Morgan fingerprint density at radius 3 is 2.67 bits per heavy atom. The number of thioether (sulfide) groups is 1. The van der Waals surface area contributed by atoms with Crippen LogP contribution in [-0.2, 0) is 12.8 Å². The van der Waals surface area contributed by atoms with Gasteiger partial charge < -0.3 is 4.57 Å². The van der Waals surface area contributed by atoms with E-state index in [1.165, 1.54) is 36.0 Å². The molecule has 0 amide bonds. The van der Waals surface area contributed by atoms with E-state index in [0.29, 0.717) is 33.4 Å². The molecule has 120 valence electrons. The number of hydrogen-bond acceptors (Lipinski definition) is 4. The van der Waals surface area contributed by atoms with E-state index in [0.717, 1.165) is 0 Å². The second-order valence-corrected chi connectivity index (χ2v) is 5.99. The molecule has 2 aromatic carbocycles. The number of aromatic nitrogens is 3. The second kappa shape index (κ2) is 6.81. The summed E-state index contributed by atoms with van der Waals surface area (Å²) >= 11 is 1.27. The molecule has 0 atom stereocenters. The highest BCUT2D eigenvalue weighted by Gasteiger charge is 2.15. The zero-order valence-electron chi connectivity index (χ0n) is 12.7. The van der Waals surface area contributed by atoms with Crippen LogP contribution in [0.25, 0.3) is 11.4 Å². The summed E-state index contributed by atoms with van der Waals surface area (Å²) in [6, 6.07) is 12.5. The third kappa shape index (κ3) is 3.14. The first-order chi connectivity index (χ1) is 11.6. The fraction of sp³-hybridized carbons (Fsp3) is 0.118. The molecule has 0 aliphatic rings. The van der Waals surface area contributed by atoms with Crippen LogP contribution in [0.2, 0.25) is 0 Å². The highest BCUT2D eigenvalue weighted by molar-refractivity contribution is 7.98. The van der Waals surface area contributed by atoms with Crippen molar-refractivity contribution in [2.75, 3.05) is 0 Å². The molecule has 0 saturated heterocycles. The van der Waals surface area contributed by atoms with Gasteiger partial charge in [0.25, 0.3) is 0 Å². The molecule has 0 fully saturated rings. The molecule has 0 radical (unpaired) electrons. The van der Waals surface area contributed by atoms with Gasteiger partial charge in [-0.05, 0) is 35.9 Å². The maximum Gasteiger partial charge on any atom is 0.191 e. The van der Waals surface area contributed by atoms with Crippen molar-refractivity contribution >= 4 is 11.8 Å². The zero-order valence-corrected chi connectivity index (χ0v) is 13.5. The molecule has 3 aromatic rings. The van der Waals surface area contributed by atoms with Crippen molar-refractivity contribution in [1.29, 1.82) is 5.26 Å². The lowest BCUT2D eigenvalue weighted by atomic mass is 10.1. The molecule has 3 rings (SSSR count). The summed E-state index contributed by atoms with van der Waals surface area (Å²) in [7, 11) is 1.73. The fourth-order valence-corrected chi connectivity index (χ4v) is 3.10. The van der Waals surface area contributed by atoms with E-state index in [-0.39, 0.29) is 11.6 Å². The normalized spacial score (nSPS) is 10.6. The van der Waals surface area contributed by atoms with E-state index >= 15 is 0 Å². The number of nitriles is 1. The van der Waals surface area contributed by atoms with E-state index in [1.807, 2.05) is 6.07 Å². The summed E-state index contributed by atoms with van der Waals surface area (Å²) < 4.78 is 29.4. The number of nitrogens with zero attached hydrogens (tertiary/aromatic N) is 4. The van der Waals surface area contributed by atoms with Gasteiger partial charge >= 0.3 is 0 Å². The number of halogens is 2. The van der Waals surface area contributed by atoms with E-state index in [9.17, 15) is 8.78 Å². The molecule has 0 saturated carbocycles. The summed E-state index contributed by atoms with van der Waals surface area (Å²) in [5.74, 6) is -0.0536. The third-order valence-corrected chi connectivity index (χ3v) is 4.55. The molecule has 0 aliphatic heterocycles. The summed E-state index contributed by atoms with van der Waals surface area (Å²) in [6.45, 7) is 0. The van der Waals surface area contributed by atoms with E-state index in [2.05, 4.69) is 10.2 Å². The van der Waals surface area contributed by atoms with Crippen molar-refractivity contribution in [1.82, 2.24) is 14.8 Å². The average Bonchev–Trinajstić information content (AvgIpc) is 2.95. The standard InChI is InChI=1S/C17H12F2N4S/c1-23-16(13-4-2-3-5-15(13)19)21-22-17(23)24-10-12-8-11(9-20)6-7-14(12)18/h2-8H,10H2,1H3. The SMILES string of the molecule is Cn1c(SCc2cc(C#N)ccc2F)nnc1-c1ccccc1F. The summed E-state index contributed by atoms with van der Waals surface area (Å²) in [5, 5.41) is 17.5. The Kier molecular flexibility index (Phi) is 4.58. The smallest absolute Gasteiger partial charge is 0.191 e. The summed E-state index contributed by atoms with van der Waals surface area (Å²) in [5.41, 5.74) is 1.17. The van der Waals surface area contributed by atoms with Crippen molar-refractivity contribution in [2.45, 2.75) is 10.9 Å². The Morgan fingerprint density at radius 1 is 1.12 bits per heavy atom. The highest BCUT2D eigenvalue weighted by atomic mass is 32.2. The van der Waals surface area contributed by atoms with E-state index in [1.54, 1.807) is 29.8 Å². The molecule has 0 N–H and O–H groups in total. The minimum atomic E-state index is -0.377. The van der Waals surface area contributed by atoms with Gasteiger partial charge in [-0.25, -0.2) is 8.78 Å². The topological polar surface area (TPSA) is 54.5 Å². The van der Waals surface area contributed by atoms with Gasteiger partial charge in [-0.15, -0.1) is 10.2 Å². The zero-order chi connectivity index (χ0) is 17.1. The maximum atomic E-state index is 13.9. The van der Waals surface area contributed by atoms with E-state index in [4.69, 9.17) is 5.26 Å². The molecule has 7 heteroatoms. The number of benzene rings is 2.